The van der Waals surface area contributed by atoms with Crippen molar-refractivity contribution in [3.8, 4) is 0 Å². The van der Waals surface area contributed by atoms with Crippen molar-refractivity contribution in [1.29, 1.82) is 0 Å². The summed E-state index contributed by atoms with van der Waals surface area (Å²) in [5.74, 6) is 2.19. The minimum absolute atomic E-state index is 0.159. The third kappa shape index (κ3) is 4.14. The summed E-state index contributed by atoms with van der Waals surface area (Å²) in [5, 5.41) is 2.08. The van der Waals surface area contributed by atoms with Crippen molar-refractivity contribution in [3.63, 3.8) is 0 Å². The largest absolute Gasteiger partial charge is 0.356 e. The summed E-state index contributed by atoms with van der Waals surface area (Å²) in [5.41, 5.74) is 6.49. The maximum Gasteiger partial charge on any atom is 0.241 e. The van der Waals surface area contributed by atoms with Gasteiger partial charge in [-0.3, -0.25) is 4.79 Å². The van der Waals surface area contributed by atoms with Gasteiger partial charge < -0.3 is 14.7 Å². The lowest BCUT2D eigenvalue weighted by Gasteiger charge is -2.36. The SMILES string of the molecule is O=C(C1CC(c2cccs2)NN1)N1CCN(c2cc(N3CCCCC3)ncn2)CC1. The fourth-order valence-corrected chi connectivity index (χ4v) is 5.37. The van der Waals surface area contributed by atoms with Crippen LogP contribution < -0.4 is 20.7 Å². The van der Waals surface area contributed by atoms with Gasteiger partial charge in [0, 0.05) is 50.2 Å². The highest BCUT2D eigenvalue weighted by molar-refractivity contribution is 7.10. The Bertz CT molecular complexity index is 847. The van der Waals surface area contributed by atoms with Crippen LogP contribution in [0.25, 0.3) is 0 Å². The van der Waals surface area contributed by atoms with Gasteiger partial charge in [0.05, 0.1) is 6.04 Å². The maximum atomic E-state index is 13.0. The zero-order valence-electron chi connectivity index (χ0n) is 17.2. The first-order chi connectivity index (χ1) is 14.8. The van der Waals surface area contributed by atoms with E-state index in [1.807, 2.05) is 4.90 Å². The fraction of sp³-hybridized carbons (Fsp3) is 0.571. The van der Waals surface area contributed by atoms with Crippen LogP contribution in [0.5, 0.6) is 0 Å². The molecular formula is C21H29N7OS. The molecule has 30 heavy (non-hydrogen) atoms. The lowest BCUT2D eigenvalue weighted by Crippen LogP contribution is -2.53. The summed E-state index contributed by atoms with van der Waals surface area (Å²) in [6.45, 7) is 5.21. The number of nitrogens with zero attached hydrogens (tertiary/aromatic N) is 5. The molecule has 0 aliphatic carbocycles. The highest BCUT2D eigenvalue weighted by Crippen LogP contribution is 2.27. The molecule has 0 saturated carbocycles. The molecule has 3 fully saturated rings. The topological polar surface area (TPSA) is 76.6 Å². The van der Waals surface area contributed by atoms with Gasteiger partial charge in [-0.1, -0.05) is 6.07 Å². The standard InChI is InChI=1S/C21H29N7OS/c29-21(17-13-16(24-25-17)18-5-4-12-30-18)28-10-8-27(9-11-28)20-14-19(22-15-23-20)26-6-2-1-3-7-26/h4-5,12,14-17,24-25H,1-3,6-11,13H2. The van der Waals surface area contributed by atoms with Crippen LogP contribution in [0.3, 0.4) is 0 Å². The number of carbonyl (C=O) groups is 1. The van der Waals surface area contributed by atoms with Crippen molar-refractivity contribution in [3.05, 3.63) is 34.8 Å². The van der Waals surface area contributed by atoms with E-state index >= 15 is 0 Å². The highest BCUT2D eigenvalue weighted by atomic mass is 32.1. The van der Waals surface area contributed by atoms with Crippen molar-refractivity contribution in [2.45, 2.75) is 37.8 Å². The molecule has 0 aromatic carbocycles. The van der Waals surface area contributed by atoms with E-state index in [0.29, 0.717) is 0 Å². The summed E-state index contributed by atoms with van der Waals surface area (Å²) in [6, 6.07) is 6.34. The first-order valence-corrected chi connectivity index (χ1v) is 11.8. The quantitative estimate of drug-likeness (QED) is 0.770. The lowest BCUT2D eigenvalue weighted by molar-refractivity contribution is -0.133. The Labute approximate surface area is 181 Å². The van der Waals surface area contributed by atoms with Crippen LogP contribution in [0.1, 0.15) is 36.6 Å². The molecule has 160 valence electrons. The maximum absolute atomic E-state index is 13.0. The second-order valence-corrected chi connectivity index (χ2v) is 9.22. The minimum atomic E-state index is -0.159. The molecule has 3 aliphatic heterocycles. The van der Waals surface area contributed by atoms with E-state index in [9.17, 15) is 4.79 Å². The molecular weight excluding hydrogens is 398 g/mol. The van der Waals surface area contributed by atoms with Gasteiger partial charge in [-0.05, 0) is 37.1 Å². The second-order valence-electron chi connectivity index (χ2n) is 8.24. The van der Waals surface area contributed by atoms with E-state index in [0.717, 1.165) is 57.3 Å². The predicted octanol–water partition coefficient (Wildman–Crippen LogP) is 1.78. The number of hydrogen-bond donors (Lipinski definition) is 2. The average Bonchev–Trinajstić information content (AvgIpc) is 3.52. The van der Waals surface area contributed by atoms with E-state index in [1.54, 1.807) is 17.7 Å². The summed E-state index contributed by atoms with van der Waals surface area (Å²) >= 11 is 1.73. The molecule has 2 N–H and O–H groups in total. The number of aromatic nitrogens is 2. The van der Waals surface area contributed by atoms with Crippen LogP contribution in [-0.2, 0) is 4.79 Å². The Morgan fingerprint density at radius 3 is 2.40 bits per heavy atom. The van der Waals surface area contributed by atoms with Crippen LogP contribution in [0.4, 0.5) is 11.6 Å². The first kappa shape index (κ1) is 19.7. The second kappa shape index (κ2) is 8.87. The normalized spacial score (nSPS) is 25.0. The van der Waals surface area contributed by atoms with Gasteiger partial charge in [-0.15, -0.1) is 11.3 Å². The number of piperidine rings is 1. The van der Waals surface area contributed by atoms with E-state index in [4.69, 9.17) is 0 Å². The van der Waals surface area contributed by atoms with Crippen molar-refractivity contribution >= 4 is 28.9 Å². The molecule has 3 aliphatic rings. The van der Waals surface area contributed by atoms with Crippen LogP contribution >= 0.6 is 11.3 Å². The van der Waals surface area contributed by atoms with Crippen LogP contribution in [0.2, 0.25) is 0 Å². The van der Waals surface area contributed by atoms with Crippen molar-refractivity contribution in [2.75, 3.05) is 49.1 Å². The molecule has 0 bridgehead atoms. The summed E-state index contributed by atoms with van der Waals surface area (Å²) in [6.07, 6.45) is 6.25. The van der Waals surface area contributed by atoms with E-state index < -0.39 is 0 Å². The number of piperazine rings is 1. The Kier molecular flexibility index (Phi) is 5.83. The molecule has 2 aromatic rings. The number of amides is 1. The molecule has 2 atom stereocenters. The Morgan fingerprint density at radius 1 is 0.967 bits per heavy atom. The summed E-state index contributed by atoms with van der Waals surface area (Å²) < 4.78 is 0. The Morgan fingerprint density at radius 2 is 1.70 bits per heavy atom. The van der Waals surface area contributed by atoms with Crippen molar-refractivity contribution in [1.82, 2.24) is 25.7 Å². The molecule has 5 heterocycles. The molecule has 2 unspecified atom stereocenters. The van der Waals surface area contributed by atoms with E-state index in [-0.39, 0.29) is 18.0 Å². The molecule has 2 aromatic heterocycles. The number of hydrazine groups is 1. The van der Waals surface area contributed by atoms with E-state index in [1.165, 1.54) is 24.1 Å². The third-order valence-corrected chi connectivity index (χ3v) is 7.31. The van der Waals surface area contributed by atoms with Gasteiger partial charge in [0.15, 0.2) is 0 Å². The Balaban J connectivity index is 1.16. The third-order valence-electron chi connectivity index (χ3n) is 6.32. The number of anilines is 2. The zero-order chi connectivity index (χ0) is 20.3. The van der Waals surface area contributed by atoms with Crippen LogP contribution in [-0.4, -0.2) is 66.1 Å². The fourth-order valence-electron chi connectivity index (χ4n) is 4.58. The number of hydrogen-bond acceptors (Lipinski definition) is 8. The minimum Gasteiger partial charge on any atom is -0.356 e. The Hall–Kier alpha value is -2.23. The molecule has 0 spiro atoms. The lowest BCUT2D eigenvalue weighted by atomic mass is 10.1. The highest BCUT2D eigenvalue weighted by Gasteiger charge is 2.34. The molecule has 9 heteroatoms. The van der Waals surface area contributed by atoms with Gasteiger partial charge in [-0.2, -0.15) is 0 Å². The monoisotopic (exact) mass is 427 g/mol. The molecule has 5 rings (SSSR count). The number of thiophene rings is 1. The summed E-state index contributed by atoms with van der Waals surface area (Å²) in [7, 11) is 0. The zero-order valence-corrected chi connectivity index (χ0v) is 18.0. The molecule has 1 amide bonds. The van der Waals surface area contributed by atoms with Crippen LogP contribution in [0.15, 0.2) is 29.9 Å². The smallest absolute Gasteiger partial charge is 0.241 e. The molecule has 3 saturated heterocycles. The van der Waals surface area contributed by atoms with Gasteiger partial charge in [0.2, 0.25) is 5.91 Å². The number of carbonyl (C=O) groups excluding carboxylic acids is 1. The first-order valence-electron chi connectivity index (χ1n) is 10.9. The van der Waals surface area contributed by atoms with Gasteiger partial charge >= 0.3 is 0 Å². The van der Waals surface area contributed by atoms with Gasteiger partial charge in [0.25, 0.3) is 0 Å². The van der Waals surface area contributed by atoms with Gasteiger partial charge in [0.1, 0.15) is 24.0 Å². The average molecular weight is 428 g/mol. The molecule has 8 nitrogen and oxygen atoms in total. The number of nitrogens with one attached hydrogen (secondary N) is 2. The van der Waals surface area contributed by atoms with Crippen LogP contribution in [0, 0.1) is 0 Å². The van der Waals surface area contributed by atoms with Crippen molar-refractivity contribution in [2.24, 2.45) is 0 Å². The summed E-state index contributed by atoms with van der Waals surface area (Å²) in [4.78, 5) is 29.9. The van der Waals surface area contributed by atoms with Crippen molar-refractivity contribution < 1.29 is 4.79 Å². The van der Waals surface area contributed by atoms with Gasteiger partial charge in [-0.25, -0.2) is 20.8 Å². The molecule has 0 radical (unpaired) electrons. The number of rotatable bonds is 4. The van der Waals surface area contributed by atoms with E-state index in [2.05, 4.69) is 54.2 Å². The predicted molar refractivity (Wildman–Crippen MR) is 119 cm³/mol.